The van der Waals surface area contributed by atoms with Crippen molar-refractivity contribution < 1.29 is 9.90 Å². The van der Waals surface area contributed by atoms with Crippen LogP contribution in [0.1, 0.15) is 18.4 Å². The van der Waals surface area contributed by atoms with Crippen LogP contribution in [0.15, 0.2) is 29.2 Å². The fourth-order valence-corrected chi connectivity index (χ4v) is 3.33. The Morgan fingerprint density at radius 1 is 1.28 bits per heavy atom. The number of hydrogen-bond donors (Lipinski definition) is 1. The first kappa shape index (κ1) is 17.8. The summed E-state index contributed by atoms with van der Waals surface area (Å²) >= 11 is 12.4. The normalized spacial score (nSPS) is 15.4. The van der Waals surface area contributed by atoms with Crippen molar-refractivity contribution in [2.24, 2.45) is 5.92 Å². The van der Waals surface area contributed by atoms with Gasteiger partial charge in [-0.05, 0) is 37.5 Å². The number of anilines is 1. The number of aromatic nitrogens is 2. The number of rotatable bonds is 3. The highest BCUT2D eigenvalue weighted by molar-refractivity contribution is 6.33. The smallest absolute Gasteiger partial charge is 0.306 e. The molecule has 1 aromatic heterocycles. The monoisotopic (exact) mass is 381 g/mol. The third-order valence-electron chi connectivity index (χ3n) is 4.49. The summed E-state index contributed by atoms with van der Waals surface area (Å²) in [4.78, 5) is 25.6. The Hall–Kier alpha value is -2.05. The highest BCUT2D eigenvalue weighted by Gasteiger charge is 2.26. The lowest BCUT2D eigenvalue weighted by molar-refractivity contribution is -0.142. The van der Waals surface area contributed by atoms with Crippen LogP contribution < -0.4 is 10.5 Å². The fourth-order valence-electron chi connectivity index (χ4n) is 2.91. The summed E-state index contributed by atoms with van der Waals surface area (Å²) < 4.78 is 1.21. The first-order valence-electron chi connectivity index (χ1n) is 7.90. The molecule has 1 aromatic carbocycles. The number of nitrogens with zero attached hydrogens (tertiary/aromatic N) is 3. The van der Waals surface area contributed by atoms with Crippen molar-refractivity contribution in [3.63, 3.8) is 0 Å². The molecule has 6 nitrogen and oxygen atoms in total. The Balaban J connectivity index is 1.90. The standard InChI is InChI=1S/C17H17Cl2N3O3/c1-10-2-3-12(8-13(10)18)22-16(23)15(19)14(9-20-22)21-6-4-11(5-7-21)17(24)25/h2-3,8-9,11H,4-7H2,1H3,(H,24,25). The van der Waals surface area contributed by atoms with Gasteiger partial charge in [-0.15, -0.1) is 0 Å². The van der Waals surface area contributed by atoms with Crippen molar-refractivity contribution in [3.05, 3.63) is 50.4 Å². The van der Waals surface area contributed by atoms with Gasteiger partial charge in [-0.25, -0.2) is 0 Å². The van der Waals surface area contributed by atoms with Gasteiger partial charge in [0.1, 0.15) is 5.02 Å². The van der Waals surface area contributed by atoms with Gasteiger partial charge in [0.15, 0.2) is 0 Å². The summed E-state index contributed by atoms with van der Waals surface area (Å²) in [5, 5.41) is 13.9. The highest BCUT2D eigenvalue weighted by atomic mass is 35.5. The van der Waals surface area contributed by atoms with Crippen LogP contribution in [0.25, 0.3) is 5.69 Å². The van der Waals surface area contributed by atoms with Crippen molar-refractivity contribution in [1.82, 2.24) is 9.78 Å². The molecule has 0 spiro atoms. The van der Waals surface area contributed by atoms with E-state index in [-0.39, 0.29) is 10.9 Å². The molecule has 0 amide bonds. The van der Waals surface area contributed by atoms with Gasteiger partial charge >= 0.3 is 5.97 Å². The minimum atomic E-state index is -0.782. The first-order valence-corrected chi connectivity index (χ1v) is 8.66. The van der Waals surface area contributed by atoms with E-state index < -0.39 is 11.5 Å². The molecule has 1 N–H and O–H groups in total. The number of carboxylic acids is 1. The lowest BCUT2D eigenvalue weighted by Gasteiger charge is -2.32. The number of halogens is 2. The number of carbonyl (C=O) groups is 1. The van der Waals surface area contributed by atoms with Crippen molar-refractivity contribution in [1.29, 1.82) is 0 Å². The number of benzene rings is 1. The zero-order chi connectivity index (χ0) is 18.1. The molecular weight excluding hydrogens is 365 g/mol. The summed E-state index contributed by atoms with van der Waals surface area (Å²) in [6, 6.07) is 5.23. The second-order valence-electron chi connectivity index (χ2n) is 6.09. The Kier molecular flexibility index (Phi) is 5.01. The fraction of sp³-hybridized carbons (Fsp3) is 0.353. The van der Waals surface area contributed by atoms with Crippen LogP contribution in [0.2, 0.25) is 10.0 Å². The maximum atomic E-state index is 12.6. The third kappa shape index (κ3) is 3.50. The Labute approximate surface area is 154 Å². The predicted molar refractivity (Wildman–Crippen MR) is 97.2 cm³/mol. The molecular formula is C17H17Cl2N3O3. The third-order valence-corrected chi connectivity index (χ3v) is 5.25. The van der Waals surface area contributed by atoms with Crippen LogP contribution in [0.3, 0.4) is 0 Å². The van der Waals surface area contributed by atoms with E-state index in [4.69, 9.17) is 28.3 Å². The molecule has 2 heterocycles. The molecule has 132 valence electrons. The first-order chi connectivity index (χ1) is 11.9. The van der Waals surface area contributed by atoms with Crippen molar-refractivity contribution in [2.45, 2.75) is 19.8 Å². The van der Waals surface area contributed by atoms with Gasteiger partial charge in [-0.1, -0.05) is 29.3 Å². The van der Waals surface area contributed by atoms with E-state index in [0.29, 0.717) is 42.3 Å². The van der Waals surface area contributed by atoms with Crippen molar-refractivity contribution >= 4 is 34.9 Å². The van der Waals surface area contributed by atoms with E-state index in [1.807, 2.05) is 17.9 Å². The SMILES string of the molecule is Cc1ccc(-n2ncc(N3CCC(C(=O)O)CC3)c(Cl)c2=O)cc1Cl. The van der Waals surface area contributed by atoms with Crippen LogP contribution >= 0.6 is 23.2 Å². The summed E-state index contributed by atoms with van der Waals surface area (Å²) in [6.07, 6.45) is 2.57. The summed E-state index contributed by atoms with van der Waals surface area (Å²) in [6.45, 7) is 2.93. The maximum absolute atomic E-state index is 12.6. The Bertz CT molecular complexity index is 874. The van der Waals surface area contributed by atoms with Gasteiger partial charge in [0, 0.05) is 18.1 Å². The molecule has 0 radical (unpaired) electrons. The molecule has 0 atom stereocenters. The molecule has 8 heteroatoms. The Morgan fingerprint density at radius 3 is 2.56 bits per heavy atom. The molecule has 0 aliphatic carbocycles. The Morgan fingerprint density at radius 2 is 1.96 bits per heavy atom. The minimum absolute atomic E-state index is 0.0699. The number of aliphatic carboxylic acids is 1. The average molecular weight is 382 g/mol. The van der Waals surface area contributed by atoms with Crippen LogP contribution in [0.4, 0.5) is 5.69 Å². The summed E-state index contributed by atoms with van der Waals surface area (Å²) in [7, 11) is 0. The largest absolute Gasteiger partial charge is 0.481 e. The predicted octanol–water partition coefficient (Wildman–Crippen LogP) is 3.15. The molecule has 1 aliphatic heterocycles. The van der Waals surface area contributed by atoms with Gasteiger partial charge in [0.05, 0.1) is 23.5 Å². The van der Waals surface area contributed by atoms with E-state index in [9.17, 15) is 9.59 Å². The van der Waals surface area contributed by atoms with Crippen LogP contribution in [-0.2, 0) is 4.79 Å². The molecule has 1 fully saturated rings. The molecule has 3 rings (SSSR count). The zero-order valence-corrected chi connectivity index (χ0v) is 15.1. The molecule has 1 saturated heterocycles. The van der Waals surface area contributed by atoms with Crippen molar-refractivity contribution in [3.8, 4) is 5.69 Å². The van der Waals surface area contributed by atoms with Crippen LogP contribution in [-0.4, -0.2) is 33.9 Å². The van der Waals surface area contributed by atoms with E-state index in [0.717, 1.165) is 5.56 Å². The zero-order valence-electron chi connectivity index (χ0n) is 13.6. The second-order valence-corrected chi connectivity index (χ2v) is 6.88. The van der Waals surface area contributed by atoms with Gasteiger partial charge in [-0.2, -0.15) is 9.78 Å². The summed E-state index contributed by atoms with van der Waals surface area (Å²) in [5.74, 6) is -1.13. The van der Waals surface area contributed by atoms with Gasteiger partial charge in [0.2, 0.25) is 0 Å². The molecule has 0 bridgehead atoms. The number of aryl methyl sites for hydroxylation is 1. The topological polar surface area (TPSA) is 75.4 Å². The van der Waals surface area contributed by atoms with E-state index in [1.165, 1.54) is 4.68 Å². The second kappa shape index (κ2) is 7.06. The summed E-state index contributed by atoms with van der Waals surface area (Å²) in [5.41, 5.74) is 1.55. The molecule has 2 aromatic rings. The van der Waals surface area contributed by atoms with E-state index in [1.54, 1.807) is 18.3 Å². The molecule has 0 saturated carbocycles. The quantitative estimate of drug-likeness (QED) is 0.883. The van der Waals surface area contributed by atoms with Gasteiger partial charge in [-0.3, -0.25) is 9.59 Å². The average Bonchev–Trinajstić information content (AvgIpc) is 2.60. The molecule has 1 aliphatic rings. The number of carboxylic acid groups (broad SMARTS) is 1. The van der Waals surface area contributed by atoms with E-state index in [2.05, 4.69) is 5.10 Å². The molecule has 25 heavy (non-hydrogen) atoms. The van der Waals surface area contributed by atoms with E-state index >= 15 is 0 Å². The van der Waals surface area contributed by atoms with Gasteiger partial charge < -0.3 is 10.0 Å². The lowest BCUT2D eigenvalue weighted by atomic mass is 9.97. The van der Waals surface area contributed by atoms with Crippen molar-refractivity contribution in [2.75, 3.05) is 18.0 Å². The minimum Gasteiger partial charge on any atom is -0.481 e. The maximum Gasteiger partial charge on any atom is 0.306 e. The lowest BCUT2D eigenvalue weighted by Crippen LogP contribution is -2.37. The molecule has 0 unspecified atom stereocenters. The van der Waals surface area contributed by atoms with Gasteiger partial charge in [0.25, 0.3) is 5.56 Å². The highest BCUT2D eigenvalue weighted by Crippen LogP contribution is 2.27. The number of hydrogen-bond acceptors (Lipinski definition) is 4. The van der Waals surface area contributed by atoms with Crippen LogP contribution in [0.5, 0.6) is 0 Å². The van der Waals surface area contributed by atoms with Crippen LogP contribution in [0, 0.1) is 12.8 Å². The number of piperidine rings is 1.